The largest absolute Gasteiger partial charge is 0.477 e. The number of anilines is 1. The zero-order valence-electron chi connectivity index (χ0n) is 10.7. The van der Waals surface area contributed by atoms with Crippen LogP contribution < -0.4 is 5.32 Å². The summed E-state index contributed by atoms with van der Waals surface area (Å²) >= 11 is 1.71. The topological polar surface area (TPSA) is 62.2 Å². The summed E-state index contributed by atoms with van der Waals surface area (Å²) in [5.74, 6) is -1.01. The minimum Gasteiger partial charge on any atom is -0.477 e. The highest BCUT2D eigenvalue weighted by atomic mass is 32.1. The first-order valence-corrected chi connectivity index (χ1v) is 7.08. The number of hydrogen-bond acceptors (Lipinski definition) is 4. The normalized spacial score (nSPS) is 12.1. The lowest BCUT2D eigenvalue weighted by molar-refractivity contribution is 0.0690. The van der Waals surface area contributed by atoms with E-state index in [-0.39, 0.29) is 11.7 Å². The van der Waals surface area contributed by atoms with Crippen molar-refractivity contribution in [1.29, 1.82) is 0 Å². The molecular weight excluding hydrogens is 260 g/mol. The standard InChI is InChI=1S/C14H16N2O2S/c1-2-4-11(13-5-3-8-19-13)16-10-6-7-15-12(9-10)14(17)18/h3,5-9,11H,2,4H2,1H3,(H,15,16)(H,17,18). The zero-order valence-corrected chi connectivity index (χ0v) is 11.5. The predicted molar refractivity (Wildman–Crippen MR) is 76.8 cm³/mol. The second kappa shape index (κ2) is 6.33. The van der Waals surface area contributed by atoms with E-state index in [1.807, 2.05) is 6.07 Å². The Labute approximate surface area is 116 Å². The van der Waals surface area contributed by atoms with Gasteiger partial charge in [-0.1, -0.05) is 19.4 Å². The van der Waals surface area contributed by atoms with Crippen LogP contribution in [-0.4, -0.2) is 16.1 Å². The molecule has 4 nitrogen and oxygen atoms in total. The molecule has 0 saturated heterocycles. The molecule has 0 aromatic carbocycles. The summed E-state index contributed by atoms with van der Waals surface area (Å²) in [5.41, 5.74) is 0.852. The SMILES string of the molecule is CCCC(Nc1ccnc(C(=O)O)c1)c1cccs1. The maximum absolute atomic E-state index is 10.9. The molecule has 2 aromatic heterocycles. The molecular formula is C14H16N2O2S. The third kappa shape index (κ3) is 3.54. The fourth-order valence-electron chi connectivity index (χ4n) is 1.90. The molecule has 0 aliphatic carbocycles. The molecule has 100 valence electrons. The van der Waals surface area contributed by atoms with Crippen LogP contribution in [-0.2, 0) is 0 Å². The molecule has 2 N–H and O–H groups in total. The van der Waals surface area contributed by atoms with Gasteiger partial charge < -0.3 is 10.4 Å². The molecule has 0 aliphatic rings. The second-order valence-electron chi connectivity index (χ2n) is 4.24. The van der Waals surface area contributed by atoms with Gasteiger partial charge in [0, 0.05) is 16.8 Å². The molecule has 2 rings (SSSR count). The predicted octanol–water partition coefficient (Wildman–Crippen LogP) is 3.79. The van der Waals surface area contributed by atoms with Gasteiger partial charge in [0.15, 0.2) is 0 Å². The summed E-state index contributed by atoms with van der Waals surface area (Å²) in [6.45, 7) is 2.14. The van der Waals surface area contributed by atoms with E-state index in [9.17, 15) is 4.79 Å². The Morgan fingerprint density at radius 3 is 3.00 bits per heavy atom. The highest BCUT2D eigenvalue weighted by molar-refractivity contribution is 7.10. The van der Waals surface area contributed by atoms with Crippen LogP contribution in [0.5, 0.6) is 0 Å². The van der Waals surface area contributed by atoms with Crippen molar-refractivity contribution in [3.05, 3.63) is 46.4 Å². The number of carboxylic acid groups (broad SMARTS) is 1. The van der Waals surface area contributed by atoms with Crippen molar-refractivity contribution in [3.8, 4) is 0 Å². The highest BCUT2D eigenvalue weighted by Crippen LogP contribution is 2.27. The van der Waals surface area contributed by atoms with Gasteiger partial charge in [-0.25, -0.2) is 9.78 Å². The first kappa shape index (κ1) is 13.5. The van der Waals surface area contributed by atoms with Gasteiger partial charge in [-0.2, -0.15) is 0 Å². The minimum absolute atomic E-state index is 0.0615. The summed E-state index contributed by atoms with van der Waals surface area (Å²) in [6.07, 6.45) is 3.58. The Kier molecular flexibility index (Phi) is 4.52. The van der Waals surface area contributed by atoms with Crippen molar-refractivity contribution in [2.45, 2.75) is 25.8 Å². The third-order valence-corrected chi connectivity index (χ3v) is 3.77. The highest BCUT2D eigenvalue weighted by Gasteiger charge is 2.12. The molecule has 2 heterocycles. The van der Waals surface area contributed by atoms with Crippen LogP contribution in [0.3, 0.4) is 0 Å². The molecule has 0 radical (unpaired) electrons. The lowest BCUT2D eigenvalue weighted by atomic mass is 10.1. The molecule has 0 aliphatic heterocycles. The number of carbonyl (C=O) groups is 1. The van der Waals surface area contributed by atoms with E-state index in [2.05, 4.69) is 28.7 Å². The van der Waals surface area contributed by atoms with Crippen LogP contribution >= 0.6 is 11.3 Å². The Balaban J connectivity index is 2.17. The van der Waals surface area contributed by atoms with Crippen molar-refractivity contribution in [2.75, 3.05) is 5.32 Å². The number of carboxylic acids is 1. The molecule has 0 spiro atoms. The molecule has 1 atom stereocenters. The molecule has 1 unspecified atom stereocenters. The number of nitrogens with one attached hydrogen (secondary N) is 1. The molecule has 0 bridgehead atoms. The Morgan fingerprint density at radius 1 is 1.53 bits per heavy atom. The monoisotopic (exact) mass is 276 g/mol. The van der Waals surface area contributed by atoms with Gasteiger partial charge in [-0.3, -0.25) is 0 Å². The summed E-state index contributed by atoms with van der Waals surface area (Å²) in [7, 11) is 0. The van der Waals surface area contributed by atoms with Gasteiger partial charge in [0.1, 0.15) is 5.69 Å². The third-order valence-electron chi connectivity index (χ3n) is 2.78. The van der Waals surface area contributed by atoms with Gasteiger partial charge in [-0.15, -0.1) is 11.3 Å². The number of rotatable bonds is 6. The van der Waals surface area contributed by atoms with Gasteiger partial charge in [0.2, 0.25) is 0 Å². The van der Waals surface area contributed by atoms with E-state index in [1.54, 1.807) is 23.5 Å². The van der Waals surface area contributed by atoms with E-state index >= 15 is 0 Å². The maximum atomic E-state index is 10.9. The van der Waals surface area contributed by atoms with Crippen LogP contribution in [0.2, 0.25) is 0 Å². The zero-order chi connectivity index (χ0) is 13.7. The summed E-state index contributed by atoms with van der Waals surface area (Å²) in [5, 5.41) is 14.4. The Morgan fingerprint density at radius 2 is 2.37 bits per heavy atom. The van der Waals surface area contributed by atoms with E-state index < -0.39 is 5.97 Å². The summed E-state index contributed by atoms with van der Waals surface area (Å²) in [6, 6.07) is 7.70. The van der Waals surface area contributed by atoms with Crippen molar-refractivity contribution >= 4 is 23.0 Å². The average molecular weight is 276 g/mol. The lowest BCUT2D eigenvalue weighted by Crippen LogP contribution is -2.10. The number of aromatic carboxylic acids is 1. The van der Waals surface area contributed by atoms with Crippen molar-refractivity contribution in [3.63, 3.8) is 0 Å². The van der Waals surface area contributed by atoms with E-state index in [0.717, 1.165) is 18.5 Å². The fourth-order valence-corrected chi connectivity index (χ4v) is 2.71. The summed E-state index contributed by atoms with van der Waals surface area (Å²) < 4.78 is 0. The molecule has 2 aromatic rings. The van der Waals surface area contributed by atoms with Crippen LogP contribution in [0.15, 0.2) is 35.8 Å². The molecule has 5 heteroatoms. The van der Waals surface area contributed by atoms with E-state index in [0.29, 0.717) is 0 Å². The first-order valence-electron chi connectivity index (χ1n) is 6.20. The minimum atomic E-state index is -1.01. The molecule has 0 amide bonds. The van der Waals surface area contributed by atoms with Crippen LogP contribution in [0.25, 0.3) is 0 Å². The Hall–Kier alpha value is -1.88. The Bertz CT molecular complexity index is 540. The molecule has 0 fully saturated rings. The van der Waals surface area contributed by atoms with Crippen LogP contribution in [0, 0.1) is 0 Å². The van der Waals surface area contributed by atoms with Gasteiger partial charge in [0.25, 0.3) is 0 Å². The number of hydrogen-bond donors (Lipinski definition) is 2. The maximum Gasteiger partial charge on any atom is 0.354 e. The van der Waals surface area contributed by atoms with Crippen molar-refractivity contribution < 1.29 is 9.90 Å². The average Bonchev–Trinajstić information content (AvgIpc) is 2.92. The number of nitrogens with zero attached hydrogens (tertiary/aromatic N) is 1. The van der Waals surface area contributed by atoms with E-state index in [1.165, 1.54) is 11.1 Å². The van der Waals surface area contributed by atoms with Gasteiger partial charge >= 0.3 is 5.97 Å². The molecule has 19 heavy (non-hydrogen) atoms. The first-order chi connectivity index (χ1) is 9.20. The van der Waals surface area contributed by atoms with E-state index in [4.69, 9.17) is 5.11 Å². The number of aromatic nitrogens is 1. The molecule has 0 saturated carbocycles. The fraction of sp³-hybridized carbons (Fsp3) is 0.286. The quantitative estimate of drug-likeness (QED) is 0.842. The lowest BCUT2D eigenvalue weighted by Gasteiger charge is -2.18. The van der Waals surface area contributed by atoms with Crippen molar-refractivity contribution in [2.24, 2.45) is 0 Å². The smallest absolute Gasteiger partial charge is 0.354 e. The van der Waals surface area contributed by atoms with Gasteiger partial charge in [-0.05, 0) is 30.0 Å². The summed E-state index contributed by atoms with van der Waals surface area (Å²) in [4.78, 5) is 16.0. The van der Waals surface area contributed by atoms with Crippen LogP contribution in [0.1, 0.15) is 41.2 Å². The van der Waals surface area contributed by atoms with Gasteiger partial charge in [0.05, 0.1) is 6.04 Å². The van der Waals surface area contributed by atoms with Crippen LogP contribution in [0.4, 0.5) is 5.69 Å². The number of pyridine rings is 1. The number of thiophene rings is 1. The second-order valence-corrected chi connectivity index (χ2v) is 5.22. The van der Waals surface area contributed by atoms with Crippen molar-refractivity contribution in [1.82, 2.24) is 4.98 Å².